The maximum atomic E-state index is 5.49. The Morgan fingerprint density at radius 2 is 2.15 bits per heavy atom. The first-order valence-electron chi connectivity index (χ1n) is 7.48. The van der Waals surface area contributed by atoms with E-state index in [0.717, 1.165) is 29.2 Å². The van der Waals surface area contributed by atoms with Crippen LogP contribution >= 0.6 is 11.8 Å². The van der Waals surface area contributed by atoms with Gasteiger partial charge in [-0.2, -0.15) is 0 Å². The minimum atomic E-state index is 0.621. The molecule has 2 aromatic heterocycles. The number of thioether (sulfide) groups is 1. The van der Waals surface area contributed by atoms with Crippen LogP contribution in [0.2, 0.25) is 0 Å². The van der Waals surface area contributed by atoms with Crippen LogP contribution in [0.3, 0.4) is 0 Å². The Morgan fingerprint density at radius 3 is 2.80 bits per heavy atom. The molecule has 0 spiro atoms. The van der Waals surface area contributed by atoms with Crippen LogP contribution in [0.15, 0.2) is 28.0 Å². The van der Waals surface area contributed by atoms with Gasteiger partial charge in [-0.1, -0.05) is 18.2 Å². The maximum Gasteiger partial charge on any atom is 0.191 e. The van der Waals surface area contributed by atoms with Crippen molar-refractivity contribution >= 4 is 11.8 Å². The molecule has 2 aliphatic rings. The molecule has 5 heteroatoms. The Balaban J connectivity index is 1.53. The number of hydrogen-bond donors (Lipinski definition) is 0. The molecule has 2 heterocycles. The summed E-state index contributed by atoms with van der Waals surface area (Å²) in [5.74, 6) is 4.82. The average molecular weight is 289 g/mol. The highest BCUT2D eigenvalue weighted by Crippen LogP contribution is 2.41. The van der Waals surface area contributed by atoms with Crippen molar-refractivity contribution in [3.8, 4) is 0 Å². The number of furan rings is 1. The van der Waals surface area contributed by atoms with Gasteiger partial charge in [-0.15, -0.1) is 10.2 Å². The first-order chi connectivity index (χ1) is 9.90. The highest BCUT2D eigenvalue weighted by molar-refractivity contribution is 7.99. The summed E-state index contributed by atoms with van der Waals surface area (Å²) in [5, 5.41) is 9.92. The molecule has 4 rings (SSSR count). The van der Waals surface area contributed by atoms with Gasteiger partial charge in [0.2, 0.25) is 0 Å². The largest absolute Gasteiger partial charge is 0.467 e. The predicted molar refractivity (Wildman–Crippen MR) is 77.9 cm³/mol. The highest BCUT2D eigenvalue weighted by atomic mass is 32.2. The molecule has 2 saturated carbocycles. The molecule has 0 unspecified atom stereocenters. The van der Waals surface area contributed by atoms with E-state index in [1.807, 2.05) is 23.9 Å². The molecule has 20 heavy (non-hydrogen) atoms. The molecule has 2 aromatic rings. The van der Waals surface area contributed by atoms with Crippen LogP contribution in [-0.4, -0.2) is 20.5 Å². The molecule has 0 saturated heterocycles. The predicted octanol–water partition coefficient (Wildman–Crippen LogP) is 3.69. The Morgan fingerprint density at radius 1 is 1.25 bits per heavy atom. The zero-order valence-electron chi connectivity index (χ0n) is 11.5. The summed E-state index contributed by atoms with van der Waals surface area (Å²) in [4.78, 5) is 0. The summed E-state index contributed by atoms with van der Waals surface area (Å²) in [7, 11) is 0. The van der Waals surface area contributed by atoms with Gasteiger partial charge in [0.25, 0.3) is 0 Å². The van der Waals surface area contributed by atoms with Gasteiger partial charge < -0.3 is 4.42 Å². The van der Waals surface area contributed by atoms with Crippen LogP contribution in [-0.2, 0) is 6.54 Å². The van der Waals surface area contributed by atoms with E-state index in [0.29, 0.717) is 5.92 Å². The van der Waals surface area contributed by atoms with E-state index < -0.39 is 0 Å². The van der Waals surface area contributed by atoms with Crippen LogP contribution in [0.1, 0.15) is 49.6 Å². The molecule has 0 N–H and O–H groups in total. The summed E-state index contributed by atoms with van der Waals surface area (Å²) in [6.07, 6.45) is 8.41. The topological polar surface area (TPSA) is 43.9 Å². The monoisotopic (exact) mass is 289 g/mol. The van der Waals surface area contributed by atoms with E-state index >= 15 is 0 Å². The second kappa shape index (κ2) is 5.28. The van der Waals surface area contributed by atoms with Gasteiger partial charge in [-0.05, 0) is 43.7 Å². The molecule has 0 radical (unpaired) electrons. The van der Waals surface area contributed by atoms with Crippen LogP contribution in [0.4, 0.5) is 0 Å². The number of aromatic nitrogens is 3. The minimum Gasteiger partial charge on any atom is -0.467 e. The summed E-state index contributed by atoms with van der Waals surface area (Å²) >= 11 is 1.87. The van der Waals surface area contributed by atoms with E-state index in [9.17, 15) is 0 Å². The van der Waals surface area contributed by atoms with Crippen LogP contribution < -0.4 is 0 Å². The van der Waals surface area contributed by atoms with E-state index in [1.165, 1.54) is 37.9 Å². The zero-order chi connectivity index (χ0) is 13.4. The Bertz CT molecular complexity index is 570. The minimum absolute atomic E-state index is 0.621. The van der Waals surface area contributed by atoms with Crippen LogP contribution in [0.5, 0.6) is 0 Å². The smallest absolute Gasteiger partial charge is 0.191 e. The van der Waals surface area contributed by atoms with Gasteiger partial charge in [0.05, 0.1) is 12.8 Å². The van der Waals surface area contributed by atoms with E-state index in [2.05, 4.69) is 14.8 Å². The van der Waals surface area contributed by atoms with Crippen molar-refractivity contribution in [2.75, 3.05) is 5.75 Å². The highest BCUT2D eigenvalue weighted by Gasteiger charge is 2.31. The summed E-state index contributed by atoms with van der Waals surface area (Å²) in [6.45, 7) is 0.763. The lowest BCUT2D eigenvalue weighted by molar-refractivity contribution is 0.353. The summed E-state index contributed by atoms with van der Waals surface area (Å²) in [6, 6.07) is 3.97. The number of rotatable bonds is 6. The molecule has 2 aliphatic carbocycles. The number of hydrogen-bond acceptors (Lipinski definition) is 4. The molecule has 0 atom stereocenters. The van der Waals surface area contributed by atoms with Crippen molar-refractivity contribution < 1.29 is 4.42 Å². The van der Waals surface area contributed by atoms with Gasteiger partial charge in [-0.3, -0.25) is 4.57 Å². The van der Waals surface area contributed by atoms with Gasteiger partial charge >= 0.3 is 0 Å². The molecule has 2 fully saturated rings. The van der Waals surface area contributed by atoms with Crippen LogP contribution in [0, 0.1) is 5.92 Å². The third-order valence-electron chi connectivity index (χ3n) is 4.25. The van der Waals surface area contributed by atoms with Crippen molar-refractivity contribution in [2.45, 2.75) is 49.7 Å². The lowest BCUT2D eigenvalue weighted by Crippen LogP contribution is -2.14. The van der Waals surface area contributed by atoms with Crippen molar-refractivity contribution in [1.82, 2.24) is 14.8 Å². The third-order valence-corrected chi connectivity index (χ3v) is 5.45. The standard InChI is InChI=1S/C15H19N3OS/c1-3-11(4-1)10-20-15-17-16-14(12-6-7-12)18(15)9-13-5-2-8-19-13/h2,5,8,11-12H,1,3-4,6-7,9-10H2. The first-order valence-corrected chi connectivity index (χ1v) is 8.47. The second-order valence-electron chi connectivity index (χ2n) is 5.89. The fraction of sp³-hybridized carbons (Fsp3) is 0.600. The van der Waals surface area contributed by atoms with Crippen molar-refractivity contribution in [2.24, 2.45) is 5.92 Å². The van der Waals surface area contributed by atoms with E-state index in [4.69, 9.17) is 4.42 Å². The number of nitrogens with zero attached hydrogens (tertiary/aromatic N) is 3. The first kappa shape index (κ1) is 12.5. The molecule has 0 aromatic carbocycles. The molecule has 0 aliphatic heterocycles. The molecule has 4 nitrogen and oxygen atoms in total. The fourth-order valence-electron chi connectivity index (χ4n) is 2.61. The Hall–Kier alpha value is -1.23. The fourth-order valence-corrected chi connectivity index (χ4v) is 3.74. The lowest BCUT2D eigenvalue weighted by Gasteiger charge is -2.24. The lowest BCUT2D eigenvalue weighted by atomic mass is 9.87. The SMILES string of the molecule is c1coc(Cn2c(SCC3CCC3)nnc2C2CC2)c1. The van der Waals surface area contributed by atoms with Gasteiger partial charge in [-0.25, -0.2) is 0 Å². The molecular formula is C15H19N3OS. The second-order valence-corrected chi connectivity index (χ2v) is 6.88. The van der Waals surface area contributed by atoms with E-state index in [-0.39, 0.29) is 0 Å². The normalized spacial score (nSPS) is 19.2. The molecule has 106 valence electrons. The van der Waals surface area contributed by atoms with Crippen molar-refractivity contribution in [3.05, 3.63) is 30.0 Å². The average Bonchev–Trinajstić information content (AvgIpc) is 2.96. The van der Waals surface area contributed by atoms with Gasteiger partial charge in [0.1, 0.15) is 11.6 Å². The third kappa shape index (κ3) is 2.51. The maximum absolute atomic E-state index is 5.49. The van der Waals surface area contributed by atoms with Crippen molar-refractivity contribution in [1.29, 1.82) is 0 Å². The van der Waals surface area contributed by atoms with Crippen molar-refractivity contribution in [3.63, 3.8) is 0 Å². The quantitative estimate of drug-likeness (QED) is 0.761. The molecule has 0 bridgehead atoms. The molecule has 0 amide bonds. The van der Waals surface area contributed by atoms with Gasteiger partial charge in [0, 0.05) is 11.7 Å². The van der Waals surface area contributed by atoms with E-state index in [1.54, 1.807) is 6.26 Å². The van der Waals surface area contributed by atoms with Crippen LogP contribution in [0.25, 0.3) is 0 Å². The Labute approximate surface area is 123 Å². The summed E-state index contributed by atoms with van der Waals surface area (Å²) < 4.78 is 7.75. The Kier molecular flexibility index (Phi) is 3.30. The van der Waals surface area contributed by atoms with Gasteiger partial charge in [0.15, 0.2) is 5.16 Å². The summed E-state index contributed by atoms with van der Waals surface area (Å²) in [5.41, 5.74) is 0. The zero-order valence-corrected chi connectivity index (χ0v) is 12.3. The molecular weight excluding hydrogens is 270 g/mol.